The van der Waals surface area contributed by atoms with Gasteiger partial charge in [0, 0.05) is 25.4 Å². The van der Waals surface area contributed by atoms with Crippen LogP contribution >= 0.6 is 11.6 Å². The van der Waals surface area contributed by atoms with Crippen molar-refractivity contribution in [2.45, 2.75) is 12.8 Å². The third kappa shape index (κ3) is 3.63. The Bertz CT molecular complexity index is 373. The first-order chi connectivity index (χ1) is 7.65. The maximum atomic E-state index is 10.7. The van der Waals surface area contributed by atoms with E-state index < -0.39 is 4.92 Å². The van der Waals surface area contributed by atoms with Crippen molar-refractivity contribution < 1.29 is 10.0 Å². The molecule has 6 nitrogen and oxygen atoms in total. The van der Waals surface area contributed by atoms with Crippen LogP contribution in [0.15, 0.2) is 12.3 Å². The highest BCUT2D eigenvalue weighted by molar-refractivity contribution is 6.30. The van der Waals surface area contributed by atoms with E-state index in [1.165, 1.54) is 12.3 Å². The summed E-state index contributed by atoms with van der Waals surface area (Å²) in [4.78, 5) is 14.0. The Morgan fingerprint density at radius 2 is 2.31 bits per heavy atom. The highest BCUT2D eigenvalue weighted by Crippen LogP contribution is 2.24. The van der Waals surface area contributed by atoms with Crippen LogP contribution in [0.3, 0.4) is 0 Å². The van der Waals surface area contributed by atoms with Crippen LogP contribution in [-0.2, 0) is 0 Å². The van der Waals surface area contributed by atoms with E-state index in [0.717, 1.165) is 6.42 Å². The average Bonchev–Trinajstić information content (AvgIpc) is 2.26. The van der Waals surface area contributed by atoms with Crippen LogP contribution in [-0.4, -0.2) is 28.2 Å². The Hall–Kier alpha value is -1.40. The van der Waals surface area contributed by atoms with Gasteiger partial charge in [0.05, 0.1) is 9.95 Å². The molecule has 1 heterocycles. The third-order valence-electron chi connectivity index (χ3n) is 1.91. The first-order valence-electron chi connectivity index (χ1n) is 4.80. The molecule has 0 saturated heterocycles. The molecule has 0 spiro atoms. The number of aliphatic hydroxyl groups is 1. The molecule has 0 aromatic carbocycles. The molecule has 0 bridgehead atoms. The van der Waals surface area contributed by atoms with E-state index in [-0.39, 0.29) is 23.1 Å². The second kappa shape index (κ2) is 6.24. The third-order valence-corrected chi connectivity index (χ3v) is 2.11. The van der Waals surface area contributed by atoms with Crippen LogP contribution in [0.2, 0.25) is 5.02 Å². The minimum atomic E-state index is -0.534. The molecule has 1 aromatic rings. The van der Waals surface area contributed by atoms with Crippen molar-refractivity contribution in [3.05, 3.63) is 27.4 Å². The molecule has 0 aliphatic carbocycles. The van der Waals surface area contributed by atoms with E-state index in [2.05, 4.69) is 10.3 Å². The number of hydrogen-bond acceptors (Lipinski definition) is 5. The lowest BCUT2D eigenvalue weighted by Gasteiger charge is -2.05. The molecule has 16 heavy (non-hydrogen) atoms. The first-order valence-corrected chi connectivity index (χ1v) is 5.17. The molecule has 0 amide bonds. The summed E-state index contributed by atoms with van der Waals surface area (Å²) in [5.41, 5.74) is -0.142. The van der Waals surface area contributed by atoms with Crippen molar-refractivity contribution >= 4 is 23.1 Å². The zero-order chi connectivity index (χ0) is 12.0. The number of hydrogen-bond donors (Lipinski definition) is 2. The summed E-state index contributed by atoms with van der Waals surface area (Å²) in [6.45, 7) is 0.633. The largest absolute Gasteiger partial charge is 0.396 e. The zero-order valence-electron chi connectivity index (χ0n) is 8.52. The van der Waals surface area contributed by atoms with Gasteiger partial charge in [-0.3, -0.25) is 10.1 Å². The van der Waals surface area contributed by atoms with Gasteiger partial charge in [-0.15, -0.1) is 0 Å². The van der Waals surface area contributed by atoms with Gasteiger partial charge < -0.3 is 10.4 Å². The molecular weight excluding hydrogens is 234 g/mol. The monoisotopic (exact) mass is 245 g/mol. The molecule has 0 unspecified atom stereocenters. The number of aliphatic hydroxyl groups excluding tert-OH is 1. The number of anilines is 1. The zero-order valence-corrected chi connectivity index (χ0v) is 9.28. The standard InChI is InChI=1S/C9H12ClN3O3/c10-7-5-8(13(15)16)9(12-6-7)11-3-1-2-4-14/h5-6,14H,1-4H2,(H,11,12). The summed E-state index contributed by atoms with van der Waals surface area (Å²) >= 11 is 5.62. The normalized spacial score (nSPS) is 10.1. The quantitative estimate of drug-likeness (QED) is 0.453. The number of rotatable bonds is 6. The molecule has 88 valence electrons. The fourth-order valence-electron chi connectivity index (χ4n) is 1.15. The maximum Gasteiger partial charge on any atom is 0.312 e. The number of halogens is 1. The summed E-state index contributed by atoms with van der Waals surface area (Å²) < 4.78 is 0. The summed E-state index contributed by atoms with van der Waals surface area (Å²) in [5, 5.41) is 22.3. The van der Waals surface area contributed by atoms with Gasteiger partial charge in [-0.1, -0.05) is 11.6 Å². The molecule has 0 fully saturated rings. The summed E-state index contributed by atoms with van der Waals surface area (Å²) in [5.74, 6) is 0.201. The second-order valence-corrected chi connectivity index (χ2v) is 3.57. The van der Waals surface area contributed by atoms with Crippen molar-refractivity contribution in [2.75, 3.05) is 18.5 Å². The van der Waals surface area contributed by atoms with E-state index in [0.29, 0.717) is 13.0 Å². The number of aromatic nitrogens is 1. The smallest absolute Gasteiger partial charge is 0.312 e. The number of pyridine rings is 1. The lowest BCUT2D eigenvalue weighted by molar-refractivity contribution is -0.384. The minimum Gasteiger partial charge on any atom is -0.396 e. The van der Waals surface area contributed by atoms with E-state index in [9.17, 15) is 10.1 Å². The molecule has 7 heteroatoms. The van der Waals surface area contributed by atoms with Crippen LogP contribution < -0.4 is 5.32 Å². The summed E-state index contributed by atoms with van der Waals surface area (Å²) in [7, 11) is 0. The van der Waals surface area contributed by atoms with Crippen LogP contribution in [0.5, 0.6) is 0 Å². The van der Waals surface area contributed by atoms with E-state index in [4.69, 9.17) is 16.7 Å². The molecule has 2 N–H and O–H groups in total. The number of nitro groups is 1. The fourth-order valence-corrected chi connectivity index (χ4v) is 1.30. The summed E-state index contributed by atoms with van der Waals surface area (Å²) in [6, 6.07) is 1.25. The molecule has 0 saturated carbocycles. The van der Waals surface area contributed by atoms with Crippen molar-refractivity contribution in [1.82, 2.24) is 4.98 Å². The Balaban J connectivity index is 2.67. The van der Waals surface area contributed by atoms with Gasteiger partial charge in [0.1, 0.15) is 0 Å². The van der Waals surface area contributed by atoms with Gasteiger partial charge in [-0.05, 0) is 12.8 Å². The summed E-state index contributed by atoms with van der Waals surface area (Å²) in [6.07, 6.45) is 2.72. The maximum absolute atomic E-state index is 10.7. The minimum absolute atomic E-state index is 0.109. The van der Waals surface area contributed by atoms with Gasteiger partial charge in [-0.25, -0.2) is 4.98 Å². The highest BCUT2D eigenvalue weighted by atomic mass is 35.5. The highest BCUT2D eigenvalue weighted by Gasteiger charge is 2.15. The predicted octanol–water partition coefficient (Wildman–Crippen LogP) is 1.83. The molecule has 0 aliphatic rings. The number of unbranched alkanes of at least 4 members (excludes halogenated alkanes) is 1. The molecule has 1 rings (SSSR count). The van der Waals surface area contributed by atoms with Crippen LogP contribution in [0.1, 0.15) is 12.8 Å². The molecular formula is C9H12ClN3O3. The van der Waals surface area contributed by atoms with Crippen LogP contribution in [0.4, 0.5) is 11.5 Å². The SMILES string of the molecule is O=[N+]([O-])c1cc(Cl)cnc1NCCCCO. The first kappa shape index (κ1) is 12.7. The van der Waals surface area contributed by atoms with E-state index >= 15 is 0 Å². The Morgan fingerprint density at radius 1 is 1.56 bits per heavy atom. The Kier molecular flexibility index (Phi) is 4.94. The molecule has 0 atom stereocenters. The van der Waals surface area contributed by atoms with Gasteiger partial charge in [0.2, 0.25) is 5.82 Å². The lowest BCUT2D eigenvalue weighted by atomic mass is 10.3. The number of nitrogens with one attached hydrogen (secondary N) is 1. The molecule has 1 aromatic heterocycles. The van der Waals surface area contributed by atoms with Crippen LogP contribution in [0, 0.1) is 10.1 Å². The van der Waals surface area contributed by atoms with Gasteiger partial charge >= 0.3 is 5.69 Å². The Morgan fingerprint density at radius 3 is 2.94 bits per heavy atom. The van der Waals surface area contributed by atoms with E-state index in [1.807, 2.05) is 0 Å². The Labute approximate surface area is 97.4 Å². The van der Waals surface area contributed by atoms with Crippen molar-refractivity contribution in [3.8, 4) is 0 Å². The van der Waals surface area contributed by atoms with Gasteiger partial charge in [-0.2, -0.15) is 0 Å². The average molecular weight is 246 g/mol. The lowest BCUT2D eigenvalue weighted by Crippen LogP contribution is -2.06. The predicted molar refractivity (Wildman–Crippen MR) is 60.7 cm³/mol. The van der Waals surface area contributed by atoms with Crippen molar-refractivity contribution in [2.24, 2.45) is 0 Å². The fraction of sp³-hybridized carbons (Fsp3) is 0.444. The second-order valence-electron chi connectivity index (χ2n) is 3.14. The topological polar surface area (TPSA) is 88.3 Å². The van der Waals surface area contributed by atoms with Gasteiger partial charge in [0.15, 0.2) is 0 Å². The number of nitrogens with zero attached hydrogens (tertiary/aromatic N) is 2. The molecule has 0 radical (unpaired) electrons. The van der Waals surface area contributed by atoms with Crippen molar-refractivity contribution in [1.29, 1.82) is 0 Å². The molecule has 0 aliphatic heterocycles. The van der Waals surface area contributed by atoms with E-state index in [1.54, 1.807) is 0 Å². The van der Waals surface area contributed by atoms with Gasteiger partial charge in [0.25, 0.3) is 0 Å². The van der Waals surface area contributed by atoms with Crippen molar-refractivity contribution in [3.63, 3.8) is 0 Å². The van der Waals surface area contributed by atoms with Crippen LogP contribution in [0.25, 0.3) is 0 Å².